The highest BCUT2D eigenvalue weighted by Gasteiger charge is 2.24. The molecule has 2 rings (SSSR count). The average Bonchev–Trinajstić information content (AvgIpc) is 2.62. The Balaban J connectivity index is 1.83. The molecule has 1 unspecified atom stereocenters. The van der Waals surface area contributed by atoms with Crippen LogP contribution in [0.1, 0.15) is 32.6 Å². The highest BCUT2D eigenvalue weighted by molar-refractivity contribution is 5.84. The van der Waals surface area contributed by atoms with Crippen LogP contribution in [0.25, 0.3) is 0 Å². The lowest BCUT2D eigenvalue weighted by atomic mass is 10.1. The second-order valence-corrected chi connectivity index (χ2v) is 4.85. The van der Waals surface area contributed by atoms with E-state index in [1.807, 2.05) is 6.92 Å². The Morgan fingerprint density at radius 2 is 2.06 bits per heavy atom. The normalized spacial score (nSPS) is 25.9. The van der Waals surface area contributed by atoms with Crippen molar-refractivity contribution >= 4 is 11.7 Å². The Bertz CT molecular complexity index is 291. The molecule has 0 spiro atoms. The zero-order valence-corrected chi connectivity index (χ0v) is 10.4. The van der Waals surface area contributed by atoms with Crippen LogP contribution in [-0.2, 0) is 0 Å². The number of nitrogens with zero attached hydrogens (tertiary/aromatic N) is 3. The van der Waals surface area contributed by atoms with E-state index < -0.39 is 0 Å². The van der Waals surface area contributed by atoms with Crippen molar-refractivity contribution in [2.45, 2.75) is 38.6 Å². The Hall–Kier alpha value is -1.06. The van der Waals surface area contributed by atoms with Gasteiger partial charge in [-0.1, -0.05) is 0 Å². The van der Waals surface area contributed by atoms with E-state index in [4.69, 9.17) is 5.41 Å². The van der Waals surface area contributed by atoms with Crippen LogP contribution in [0.3, 0.4) is 0 Å². The minimum atomic E-state index is 0.412. The first-order valence-electron chi connectivity index (χ1n) is 6.24. The number of aliphatic imine (C=N–C) groups is 1. The van der Waals surface area contributed by atoms with Crippen molar-refractivity contribution in [1.29, 1.82) is 5.41 Å². The molecule has 0 saturated carbocycles. The fourth-order valence-electron chi connectivity index (χ4n) is 2.45. The summed E-state index contributed by atoms with van der Waals surface area (Å²) in [5.41, 5.74) is 0. The van der Waals surface area contributed by atoms with Gasteiger partial charge in [0.1, 0.15) is 0 Å². The maximum Gasteiger partial charge on any atom is 0.0979 e. The number of rotatable bonds is 2. The van der Waals surface area contributed by atoms with E-state index in [0.29, 0.717) is 6.04 Å². The molecule has 1 fully saturated rings. The van der Waals surface area contributed by atoms with Gasteiger partial charge >= 0.3 is 0 Å². The van der Waals surface area contributed by atoms with E-state index in [1.54, 1.807) is 0 Å². The quantitative estimate of drug-likeness (QED) is 0.569. The SMILES string of the molecule is CC1=NCC(CC(=N)N2CCCCC2)N1C. The number of amidine groups is 2. The summed E-state index contributed by atoms with van der Waals surface area (Å²) in [6.07, 6.45) is 4.67. The first-order chi connectivity index (χ1) is 7.68. The smallest absolute Gasteiger partial charge is 0.0979 e. The number of hydrogen-bond donors (Lipinski definition) is 1. The lowest BCUT2D eigenvalue weighted by Crippen LogP contribution is -2.40. The molecule has 0 bridgehead atoms. The van der Waals surface area contributed by atoms with Gasteiger partial charge in [0.2, 0.25) is 0 Å². The van der Waals surface area contributed by atoms with Crippen LogP contribution in [0.5, 0.6) is 0 Å². The van der Waals surface area contributed by atoms with Gasteiger partial charge in [0.15, 0.2) is 0 Å². The van der Waals surface area contributed by atoms with E-state index in [9.17, 15) is 0 Å². The Morgan fingerprint density at radius 3 is 2.62 bits per heavy atom. The number of hydrogen-bond acceptors (Lipinski definition) is 3. The van der Waals surface area contributed by atoms with E-state index >= 15 is 0 Å². The molecule has 2 aliphatic heterocycles. The highest BCUT2D eigenvalue weighted by atomic mass is 15.3. The van der Waals surface area contributed by atoms with Gasteiger partial charge in [0, 0.05) is 26.6 Å². The molecule has 4 nitrogen and oxygen atoms in total. The van der Waals surface area contributed by atoms with Gasteiger partial charge < -0.3 is 9.80 Å². The predicted octanol–water partition coefficient (Wildman–Crippen LogP) is 1.57. The summed E-state index contributed by atoms with van der Waals surface area (Å²) < 4.78 is 0. The summed E-state index contributed by atoms with van der Waals surface area (Å²) in [7, 11) is 2.08. The Kier molecular flexibility index (Phi) is 3.46. The molecule has 0 aromatic rings. The molecule has 0 radical (unpaired) electrons. The highest BCUT2D eigenvalue weighted by Crippen LogP contribution is 2.15. The van der Waals surface area contributed by atoms with E-state index in [2.05, 4.69) is 21.8 Å². The van der Waals surface area contributed by atoms with Crippen molar-refractivity contribution in [3.05, 3.63) is 0 Å². The fourth-order valence-corrected chi connectivity index (χ4v) is 2.45. The molecule has 2 aliphatic rings. The summed E-state index contributed by atoms with van der Waals surface area (Å²) >= 11 is 0. The van der Waals surface area contributed by atoms with Crippen LogP contribution in [0, 0.1) is 5.41 Å². The molecule has 2 heterocycles. The van der Waals surface area contributed by atoms with Gasteiger partial charge in [0.25, 0.3) is 0 Å². The molecule has 4 heteroatoms. The van der Waals surface area contributed by atoms with Gasteiger partial charge in [0.05, 0.1) is 24.3 Å². The lowest BCUT2D eigenvalue weighted by Gasteiger charge is -2.31. The van der Waals surface area contributed by atoms with Gasteiger partial charge in [-0.05, 0) is 26.2 Å². The molecule has 0 aliphatic carbocycles. The zero-order valence-electron chi connectivity index (χ0n) is 10.4. The minimum Gasteiger partial charge on any atom is -0.360 e. The zero-order chi connectivity index (χ0) is 11.5. The molecule has 90 valence electrons. The van der Waals surface area contributed by atoms with Crippen LogP contribution in [0.15, 0.2) is 4.99 Å². The summed E-state index contributed by atoms with van der Waals surface area (Å²) in [4.78, 5) is 8.87. The molecule has 0 amide bonds. The van der Waals surface area contributed by atoms with Crippen LogP contribution in [-0.4, -0.2) is 54.2 Å². The molecule has 0 aromatic carbocycles. The van der Waals surface area contributed by atoms with Crippen molar-refractivity contribution in [1.82, 2.24) is 9.80 Å². The molecule has 0 aromatic heterocycles. The summed E-state index contributed by atoms with van der Waals surface area (Å²) in [6, 6.07) is 0.412. The van der Waals surface area contributed by atoms with E-state index in [-0.39, 0.29) is 0 Å². The van der Waals surface area contributed by atoms with Crippen molar-refractivity contribution < 1.29 is 0 Å². The van der Waals surface area contributed by atoms with Crippen molar-refractivity contribution in [2.75, 3.05) is 26.7 Å². The maximum atomic E-state index is 8.15. The predicted molar refractivity (Wildman–Crippen MR) is 67.3 cm³/mol. The van der Waals surface area contributed by atoms with Crippen LogP contribution >= 0.6 is 0 Å². The summed E-state index contributed by atoms with van der Waals surface area (Å²) in [5, 5.41) is 8.15. The molecule has 1 atom stereocenters. The van der Waals surface area contributed by atoms with E-state index in [0.717, 1.165) is 37.7 Å². The maximum absolute atomic E-state index is 8.15. The molecular formula is C12H22N4. The van der Waals surface area contributed by atoms with Gasteiger partial charge in [-0.15, -0.1) is 0 Å². The van der Waals surface area contributed by atoms with Crippen LogP contribution < -0.4 is 0 Å². The lowest BCUT2D eigenvalue weighted by molar-refractivity contribution is 0.321. The second kappa shape index (κ2) is 4.85. The topological polar surface area (TPSA) is 42.7 Å². The van der Waals surface area contributed by atoms with Gasteiger partial charge in [-0.2, -0.15) is 0 Å². The monoisotopic (exact) mass is 222 g/mol. The Morgan fingerprint density at radius 1 is 1.38 bits per heavy atom. The summed E-state index contributed by atoms with van der Waals surface area (Å²) in [5.74, 6) is 1.91. The second-order valence-electron chi connectivity index (χ2n) is 4.85. The third-order valence-corrected chi connectivity index (χ3v) is 3.76. The largest absolute Gasteiger partial charge is 0.360 e. The number of nitrogens with one attached hydrogen (secondary N) is 1. The first-order valence-corrected chi connectivity index (χ1v) is 6.24. The third-order valence-electron chi connectivity index (χ3n) is 3.76. The first kappa shape index (κ1) is 11.4. The standard InChI is InChI=1S/C12H22N4/c1-10-14-9-11(15(10)2)8-12(13)16-6-4-3-5-7-16/h11,13H,3-9H2,1-2H3. The number of likely N-dealkylation sites (N-methyl/N-ethyl adjacent to an activating group) is 1. The minimum absolute atomic E-state index is 0.412. The number of piperidine rings is 1. The molecule has 16 heavy (non-hydrogen) atoms. The molecule has 1 saturated heterocycles. The fraction of sp³-hybridized carbons (Fsp3) is 0.833. The Labute approximate surface area is 97.8 Å². The van der Waals surface area contributed by atoms with E-state index in [1.165, 1.54) is 19.3 Å². The van der Waals surface area contributed by atoms with Crippen molar-refractivity contribution in [3.8, 4) is 0 Å². The van der Waals surface area contributed by atoms with Crippen molar-refractivity contribution in [2.24, 2.45) is 4.99 Å². The van der Waals surface area contributed by atoms with Crippen LogP contribution in [0.2, 0.25) is 0 Å². The number of likely N-dealkylation sites (tertiary alicyclic amines) is 1. The molecular weight excluding hydrogens is 200 g/mol. The third kappa shape index (κ3) is 2.36. The average molecular weight is 222 g/mol. The van der Waals surface area contributed by atoms with Gasteiger partial charge in [-0.25, -0.2) is 0 Å². The van der Waals surface area contributed by atoms with Crippen molar-refractivity contribution in [3.63, 3.8) is 0 Å². The van der Waals surface area contributed by atoms with Gasteiger partial charge in [-0.3, -0.25) is 10.4 Å². The molecule has 1 N–H and O–H groups in total. The van der Waals surface area contributed by atoms with Crippen LogP contribution in [0.4, 0.5) is 0 Å². The summed E-state index contributed by atoms with van der Waals surface area (Å²) in [6.45, 7) is 5.06.